The predicted octanol–water partition coefficient (Wildman–Crippen LogP) is 3.95. The van der Waals surface area contributed by atoms with Crippen molar-refractivity contribution in [3.8, 4) is 5.75 Å². The molecule has 1 aliphatic heterocycles. The Labute approximate surface area is 180 Å². The van der Waals surface area contributed by atoms with Crippen LogP contribution in [0.25, 0.3) is 0 Å². The third-order valence-electron chi connectivity index (χ3n) is 5.09. The Bertz CT molecular complexity index is 969. The summed E-state index contributed by atoms with van der Waals surface area (Å²) >= 11 is 3.35. The molecule has 1 aliphatic rings. The highest BCUT2D eigenvalue weighted by Gasteiger charge is 2.31. The van der Waals surface area contributed by atoms with Gasteiger partial charge in [0.15, 0.2) is 0 Å². The van der Waals surface area contributed by atoms with Gasteiger partial charge < -0.3 is 10.1 Å². The fraction of sp³-hybridized carbons (Fsp3) is 0.381. The number of carbonyl (C=O) groups is 1. The summed E-state index contributed by atoms with van der Waals surface area (Å²) in [6, 6.07) is 12.9. The lowest BCUT2D eigenvalue weighted by Crippen LogP contribution is -2.41. The molecule has 0 aliphatic carbocycles. The fourth-order valence-electron chi connectivity index (χ4n) is 3.43. The van der Waals surface area contributed by atoms with Crippen molar-refractivity contribution < 1.29 is 17.9 Å². The average molecular weight is 481 g/mol. The minimum Gasteiger partial charge on any atom is -0.495 e. The highest BCUT2D eigenvalue weighted by atomic mass is 79.9. The molecule has 1 heterocycles. The van der Waals surface area contributed by atoms with Crippen LogP contribution in [0.4, 0.5) is 5.69 Å². The number of hydrogen-bond donors (Lipinski definition) is 1. The van der Waals surface area contributed by atoms with Crippen molar-refractivity contribution in [1.82, 2.24) is 4.31 Å². The molecule has 0 spiro atoms. The van der Waals surface area contributed by atoms with E-state index in [0.717, 1.165) is 15.6 Å². The van der Waals surface area contributed by atoms with E-state index in [2.05, 4.69) is 21.2 Å². The molecule has 0 aromatic heterocycles. The van der Waals surface area contributed by atoms with E-state index in [4.69, 9.17) is 4.74 Å². The van der Waals surface area contributed by atoms with E-state index in [-0.39, 0.29) is 17.6 Å². The molecule has 0 bridgehead atoms. The predicted molar refractivity (Wildman–Crippen MR) is 117 cm³/mol. The van der Waals surface area contributed by atoms with Gasteiger partial charge in [-0.3, -0.25) is 4.79 Å². The van der Waals surface area contributed by atoms with Crippen molar-refractivity contribution in [2.24, 2.45) is 5.92 Å². The molecular weight excluding hydrogens is 456 g/mol. The number of methoxy groups -OCH3 is 1. The van der Waals surface area contributed by atoms with Crippen molar-refractivity contribution in [2.45, 2.75) is 25.5 Å². The minimum absolute atomic E-state index is 0.0301. The number of hydrogen-bond acceptors (Lipinski definition) is 4. The fourth-order valence-corrected chi connectivity index (χ4v) is 5.26. The average Bonchev–Trinajstić information content (AvgIpc) is 2.70. The van der Waals surface area contributed by atoms with Gasteiger partial charge in [0.2, 0.25) is 15.9 Å². The van der Waals surface area contributed by atoms with Crippen molar-refractivity contribution in [1.29, 1.82) is 0 Å². The number of nitrogens with zero attached hydrogens (tertiary/aromatic N) is 1. The van der Waals surface area contributed by atoms with Gasteiger partial charge in [0.05, 0.1) is 18.6 Å². The zero-order valence-electron chi connectivity index (χ0n) is 16.5. The van der Waals surface area contributed by atoms with E-state index in [9.17, 15) is 13.2 Å². The molecule has 1 N–H and O–H groups in total. The topological polar surface area (TPSA) is 75.7 Å². The monoisotopic (exact) mass is 480 g/mol. The maximum absolute atomic E-state index is 12.7. The highest BCUT2D eigenvalue weighted by molar-refractivity contribution is 9.10. The number of anilines is 1. The van der Waals surface area contributed by atoms with E-state index in [1.54, 1.807) is 19.2 Å². The molecular formula is C21H25BrN2O4S. The van der Waals surface area contributed by atoms with E-state index in [1.807, 2.05) is 37.3 Å². The Morgan fingerprint density at radius 2 is 1.83 bits per heavy atom. The number of amides is 1. The van der Waals surface area contributed by atoms with Gasteiger partial charge in [-0.05, 0) is 55.2 Å². The van der Waals surface area contributed by atoms with Gasteiger partial charge in [-0.2, -0.15) is 0 Å². The molecule has 0 radical (unpaired) electrons. The molecule has 2 aromatic rings. The summed E-state index contributed by atoms with van der Waals surface area (Å²) in [5.41, 5.74) is 2.41. The second-order valence-electron chi connectivity index (χ2n) is 7.25. The van der Waals surface area contributed by atoms with Crippen molar-refractivity contribution in [3.05, 3.63) is 58.1 Å². The summed E-state index contributed by atoms with van der Waals surface area (Å²) in [4.78, 5) is 12.7. The first-order chi connectivity index (χ1) is 13.8. The summed E-state index contributed by atoms with van der Waals surface area (Å²) in [5, 5.41) is 2.93. The van der Waals surface area contributed by atoms with E-state index in [1.165, 1.54) is 4.31 Å². The van der Waals surface area contributed by atoms with Crippen LogP contribution < -0.4 is 10.1 Å². The van der Waals surface area contributed by atoms with Crippen LogP contribution in [-0.4, -0.2) is 38.8 Å². The van der Waals surface area contributed by atoms with Gasteiger partial charge in [0.25, 0.3) is 0 Å². The first-order valence-electron chi connectivity index (χ1n) is 9.46. The van der Waals surface area contributed by atoms with Crippen molar-refractivity contribution >= 4 is 37.5 Å². The lowest BCUT2D eigenvalue weighted by molar-refractivity contribution is -0.120. The molecule has 156 valence electrons. The number of rotatable bonds is 6. The van der Waals surface area contributed by atoms with Crippen LogP contribution in [0, 0.1) is 12.8 Å². The molecule has 1 amide bonds. The maximum Gasteiger partial charge on any atom is 0.227 e. The Kier molecular flexibility index (Phi) is 6.97. The van der Waals surface area contributed by atoms with E-state index >= 15 is 0 Å². The summed E-state index contributed by atoms with van der Waals surface area (Å²) < 4.78 is 33.2. The zero-order chi connectivity index (χ0) is 21.0. The second kappa shape index (κ2) is 9.28. The van der Waals surface area contributed by atoms with Crippen LogP contribution in [0.2, 0.25) is 0 Å². The van der Waals surface area contributed by atoms with E-state index in [0.29, 0.717) is 37.4 Å². The van der Waals surface area contributed by atoms with Gasteiger partial charge in [-0.15, -0.1) is 0 Å². The summed E-state index contributed by atoms with van der Waals surface area (Å²) in [7, 11) is -1.84. The SMILES string of the molecule is COc1ccc(C)cc1NC(=O)C1CCN(S(=O)(=O)Cc2ccc(Br)cc2)CC1. The normalized spacial score (nSPS) is 15.8. The van der Waals surface area contributed by atoms with Crippen LogP contribution in [0.15, 0.2) is 46.9 Å². The third-order valence-corrected chi connectivity index (χ3v) is 7.47. The van der Waals surface area contributed by atoms with Gasteiger partial charge in [-0.25, -0.2) is 12.7 Å². The van der Waals surface area contributed by atoms with Gasteiger partial charge >= 0.3 is 0 Å². The standard InChI is InChI=1S/C21H25BrN2O4S/c1-15-3-8-20(28-2)19(13-15)23-21(25)17-9-11-24(12-10-17)29(26,27)14-16-4-6-18(22)7-5-16/h3-8,13,17H,9-12,14H2,1-2H3,(H,23,25). The van der Waals surface area contributed by atoms with Gasteiger partial charge in [0, 0.05) is 23.5 Å². The molecule has 1 fully saturated rings. The number of carbonyl (C=O) groups excluding carboxylic acids is 1. The third kappa shape index (κ3) is 5.58. The lowest BCUT2D eigenvalue weighted by Gasteiger charge is -2.30. The van der Waals surface area contributed by atoms with Crippen molar-refractivity contribution in [2.75, 3.05) is 25.5 Å². The summed E-state index contributed by atoms with van der Waals surface area (Å²) in [6.07, 6.45) is 0.999. The first kappa shape index (κ1) is 21.8. The molecule has 29 heavy (non-hydrogen) atoms. The number of benzene rings is 2. The number of ether oxygens (including phenoxy) is 1. The highest BCUT2D eigenvalue weighted by Crippen LogP contribution is 2.28. The zero-order valence-corrected chi connectivity index (χ0v) is 18.9. The van der Waals surface area contributed by atoms with Gasteiger partial charge in [0.1, 0.15) is 5.75 Å². The largest absolute Gasteiger partial charge is 0.495 e. The number of sulfonamides is 1. The molecule has 0 atom stereocenters. The van der Waals surface area contributed by atoms with E-state index < -0.39 is 10.0 Å². The molecule has 1 saturated heterocycles. The number of nitrogens with one attached hydrogen (secondary N) is 1. The molecule has 3 rings (SSSR count). The van der Waals surface area contributed by atoms with Crippen molar-refractivity contribution in [3.63, 3.8) is 0 Å². The van der Waals surface area contributed by atoms with Crippen LogP contribution in [0.5, 0.6) is 5.75 Å². The quantitative estimate of drug-likeness (QED) is 0.678. The van der Waals surface area contributed by atoms with Crippen LogP contribution in [-0.2, 0) is 20.6 Å². The van der Waals surface area contributed by atoms with Crippen LogP contribution >= 0.6 is 15.9 Å². The Morgan fingerprint density at radius 3 is 2.45 bits per heavy atom. The second-order valence-corrected chi connectivity index (χ2v) is 10.1. The number of piperidine rings is 1. The lowest BCUT2D eigenvalue weighted by atomic mass is 9.97. The minimum atomic E-state index is -3.41. The van der Waals surface area contributed by atoms with Crippen LogP contribution in [0.3, 0.4) is 0 Å². The van der Waals surface area contributed by atoms with Crippen LogP contribution in [0.1, 0.15) is 24.0 Å². The Balaban J connectivity index is 1.59. The summed E-state index contributed by atoms with van der Waals surface area (Å²) in [6.45, 7) is 2.65. The molecule has 6 nitrogen and oxygen atoms in total. The summed E-state index contributed by atoms with van der Waals surface area (Å²) in [5.74, 6) is 0.258. The molecule has 2 aromatic carbocycles. The first-order valence-corrected chi connectivity index (χ1v) is 11.9. The van der Waals surface area contributed by atoms with Gasteiger partial charge in [-0.1, -0.05) is 34.1 Å². The Hall–Kier alpha value is -1.90. The maximum atomic E-state index is 12.7. The number of halogens is 1. The Morgan fingerprint density at radius 1 is 1.17 bits per heavy atom. The molecule has 0 saturated carbocycles. The number of aryl methyl sites for hydroxylation is 1. The smallest absolute Gasteiger partial charge is 0.227 e. The molecule has 0 unspecified atom stereocenters. The molecule has 8 heteroatoms.